The van der Waals surface area contributed by atoms with Gasteiger partial charge < -0.3 is 10.7 Å². The molecular weight excluding hydrogens is 202 g/mol. The maximum Gasteiger partial charge on any atom is 0.189 e. The molecule has 0 unspecified atom stereocenters. The molecule has 1 aromatic heterocycles. The lowest BCUT2D eigenvalue weighted by atomic mass is 10.2. The van der Waals surface area contributed by atoms with Crippen LogP contribution in [0.15, 0.2) is 23.0 Å². The minimum absolute atomic E-state index is 0.117. The summed E-state index contributed by atoms with van der Waals surface area (Å²) >= 11 is 0. The number of hydrogen-bond donors (Lipinski definition) is 2. The molecule has 1 aromatic carbocycles. The minimum atomic E-state index is -1.03. The number of aromatic amines is 1. The van der Waals surface area contributed by atoms with Crippen LogP contribution < -0.4 is 11.2 Å². The van der Waals surface area contributed by atoms with Crippen molar-refractivity contribution >= 4 is 10.9 Å². The maximum absolute atomic E-state index is 12.9. The first-order valence-corrected chi connectivity index (χ1v) is 4.33. The summed E-state index contributed by atoms with van der Waals surface area (Å²) in [6.07, 6.45) is 0. The molecule has 0 saturated heterocycles. The molecule has 15 heavy (non-hydrogen) atoms. The van der Waals surface area contributed by atoms with Crippen LogP contribution in [-0.4, -0.2) is 4.98 Å². The molecule has 0 spiro atoms. The molecule has 0 saturated carbocycles. The smallest absolute Gasteiger partial charge is 0.189 e. The Morgan fingerprint density at radius 2 is 1.87 bits per heavy atom. The number of rotatable bonds is 1. The lowest BCUT2D eigenvalue weighted by Gasteiger charge is -2.02. The van der Waals surface area contributed by atoms with Crippen molar-refractivity contribution in [1.82, 2.24) is 4.98 Å². The molecule has 0 aliphatic rings. The zero-order valence-corrected chi connectivity index (χ0v) is 7.68. The van der Waals surface area contributed by atoms with E-state index in [0.29, 0.717) is 5.69 Å². The fraction of sp³-hybridized carbons (Fsp3) is 0.100. The summed E-state index contributed by atoms with van der Waals surface area (Å²) in [6, 6.07) is 3.11. The topological polar surface area (TPSA) is 58.9 Å². The van der Waals surface area contributed by atoms with Crippen molar-refractivity contribution in [2.24, 2.45) is 5.73 Å². The zero-order chi connectivity index (χ0) is 11.0. The number of halogens is 2. The van der Waals surface area contributed by atoms with E-state index < -0.39 is 11.6 Å². The Kier molecular flexibility index (Phi) is 2.24. The van der Waals surface area contributed by atoms with Crippen LogP contribution in [0.3, 0.4) is 0 Å². The third-order valence-corrected chi connectivity index (χ3v) is 2.15. The fourth-order valence-electron chi connectivity index (χ4n) is 1.41. The largest absolute Gasteiger partial charge is 0.357 e. The van der Waals surface area contributed by atoms with Gasteiger partial charge in [0.2, 0.25) is 0 Å². The molecule has 0 aliphatic heterocycles. The Hall–Kier alpha value is -1.75. The van der Waals surface area contributed by atoms with E-state index in [0.717, 1.165) is 12.1 Å². The molecular formula is C10H8F2N2O. The van der Waals surface area contributed by atoms with Crippen LogP contribution in [0.1, 0.15) is 5.69 Å². The summed E-state index contributed by atoms with van der Waals surface area (Å²) in [6.45, 7) is 0.143. The number of nitrogens with one attached hydrogen (secondary N) is 1. The first kappa shape index (κ1) is 9.79. The average molecular weight is 210 g/mol. The Morgan fingerprint density at radius 3 is 2.53 bits per heavy atom. The number of nitrogens with two attached hydrogens (primary N) is 1. The number of fused-ring (bicyclic) bond motifs is 1. The first-order valence-electron chi connectivity index (χ1n) is 4.33. The summed E-state index contributed by atoms with van der Waals surface area (Å²) in [5, 5.41) is 0.117. The van der Waals surface area contributed by atoms with Crippen LogP contribution in [0.4, 0.5) is 8.78 Å². The highest BCUT2D eigenvalue weighted by Gasteiger charge is 2.07. The van der Waals surface area contributed by atoms with Gasteiger partial charge in [-0.15, -0.1) is 0 Å². The van der Waals surface area contributed by atoms with Crippen LogP contribution in [0.2, 0.25) is 0 Å². The molecule has 3 nitrogen and oxygen atoms in total. The summed E-state index contributed by atoms with van der Waals surface area (Å²) in [5.74, 6) is -2.03. The molecule has 0 radical (unpaired) electrons. The standard InChI is InChI=1S/C10H8F2N2O/c11-7-2-6-9(3-8(7)12)14-5(4-13)1-10(6)15/h1-3H,4,13H2,(H,14,15). The highest BCUT2D eigenvalue weighted by Crippen LogP contribution is 2.13. The van der Waals surface area contributed by atoms with Crippen molar-refractivity contribution < 1.29 is 8.78 Å². The van der Waals surface area contributed by atoms with Gasteiger partial charge in [-0.25, -0.2) is 8.78 Å². The summed E-state index contributed by atoms with van der Waals surface area (Å²) in [5.41, 5.74) is 5.70. The summed E-state index contributed by atoms with van der Waals surface area (Å²) < 4.78 is 25.7. The number of hydrogen-bond acceptors (Lipinski definition) is 2. The highest BCUT2D eigenvalue weighted by atomic mass is 19.2. The van der Waals surface area contributed by atoms with Gasteiger partial charge in [-0.3, -0.25) is 4.79 Å². The van der Waals surface area contributed by atoms with E-state index in [1.807, 2.05) is 0 Å². The van der Waals surface area contributed by atoms with Gasteiger partial charge >= 0.3 is 0 Å². The molecule has 5 heteroatoms. The SMILES string of the molecule is NCc1cc(=O)c2cc(F)c(F)cc2[nH]1. The van der Waals surface area contributed by atoms with E-state index in [1.54, 1.807) is 0 Å². The Balaban J connectivity index is 2.86. The lowest BCUT2D eigenvalue weighted by Crippen LogP contribution is -2.09. The molecule has 0 bridgehead atoms. The molecule has 0 aliphatic carbocycles. The van der Waals surface area contributed by atoms with E-state index in [2.05, 4.69) is 4.98 Å². The summed E-state index contributed by atoms with van der Waals surface area (Å²) in [7, 11) is 0. The molecule has 0 fully saturated rings. The second-order valence-corrected chi connectivity index (χ2v) is 3.17. The number of benzene rings is 1. The maximum atomic E-state index is 12.9. The van der Waals surface area contributed by atoms with Gasteiger partial charge in [0.05, 0.1) is 5.52 Å². The van der Waals surface area contributed by atoms with Crippen LogP contribution in [0.25, 0.3) is 10.9 Å². The van der Waals surface area contributed by atoms with Crippen molar-refractivity contribution in [3.8, 4) is 0 Å². The number of aromatic nitrogens is 1. The van der Waals surface area contributed by atoms with E-state index in [9.17, 15) is 13.6 Å². The Labute approximate surface area is 83.5 Å². The van der Waals surface area contributed by atoms with Crippen LogP contribution in [-0.2, 0) is 6.54 Å². The normalized spacial score (nSPS) is 10.9. The average Bonchev–Trinajstić information content (AvgIpc) is 2.21. The van der Waals surface area contributed by atoms with Gasteiger partial charge in [0.1, 0.15) is 0 Å². The highest BCUT2D eigenvalue weighted by molar-refractivity contribution is 5.78. The molecule has 0 amide bonds. The van der Waals surface area contributed by atoms with E-state index in [1.165, 1.54) is 6.07 Å². The third-order valence-electron chi connectivity index (χ3n) is 2.15. The predicted molar refractivity (Wildman–Crippen MR) is 52.4 cm³/mol. The molecule has 3 N–H and O–H groups in total. The quantitative estimate of drug-likeness (QED) is 0.744. The number of H-pyrrole nitrogens is 1. The third kappa shape index (κ3) is 1.61. The van der Waals surface area contributed by atoms with E-state index in [4.69, 9.17) is 5.73 Å². The number of pyridine rings is 1. The monoisotopic (exact) mass is 210 g/mol. The van der Waals surface area contributed by atoms with Gasteiger partial charge in [-0.05, 0) is 6.07 Å². The van der Waals surface area contributed by atoms with Gasteiger partial charge in [0, 0.05) is 29.8 Å². The van der Waals surface area contributed by atoms with Gasteiger partial charge in [0.25, 0.3) is 0 Å². The Bertz CT molecular complexity index is 577. The fourth-order valence-corrected chi connectivity index (χ4v) is 1.41. The molecule has 2 rings (SSSR count). The molecule has 2 aromatic rings. The van der Waals surface area contributed by atoms with Gasteiger partial charge in [-0.2, -0.15) is 0 Å². The molecule has 0 atom stereocenters. The van der Waals surface area contributed by atoms with Crippen LogP contribution in [0, 0.1) is 11.6 Å². The van der Waals surface area contributed by atoms with Gasteiger partial charge in [0.15, 0.2) is 17.1 Å². The van der Waals surface area contributed by atoms with Crippen LogP contribution >= 0.6 is 0 Å². The van der Waals surface area contributed by atoms with Crippen molar-refractivity contribution in [2.45, 2.75) is 6.54 Å². The zero-order valence-electron chi connectivity index (χ0n) is 7.68. The van der Waals surface area contributed by atoms with Crippen molar-refractivity contribution in [3.63, 3.8) is 0 Å². The predicted octanol–water partition coefficient (Wildman–Crippen LogP) is 1.26. The molecule has 1 heterocycles. The second kappa shape index (κ2) is 3.43. The second-order valence-electron chi connectivity index (χ2n) is 3.17. The summed E-state index contributed by atoms with van der Waals surface area (Å²) in [4.78, 5) is 14.2. The van der Waals surface area contributed by atoms with Crippen molar-refractivity contribution in [3.05, 3.63) is 45.8 Å². The van der Waals surface area contributed by atoms with Crippen molar-refractivity contribution in [2.75, 3.05) is 0 Å². The van der Waals surface area contributed by atoms with E-state index >= 15 is 0 Å². The van der Waals surface area contributed by atoms with Gasteiger partial charge in [-0.1, -0.05) is 0 Å². The Morgan fingerprint density at radius 1 is 1.20 bits per heavy atom. The van der Waals surface area contributed by atoms with Crippen LogP contribution in [0.5, 0.6) is 0 Å². The first-order chi connectivity index (χ1) is 7.11. The lowest BCUT2D eigenvalue weighted by molar-refractivity contribution is 0.510. The molecule has 78 valence electrons. The minimum Gasteiger partial charge on any atom is -0.357 e. The van der Waals surface area contributed by atoms with Crippen molar-refractivity contribution in [1.29, 1.82) is 0 Å². The van der Waals surface area contributed by atoms with E-state index in [-0.39, 0.29) is 22.9 Å².